The van der Waals surface area contributed by atoms with Crippen molar-refractivity contribution in [3.63, 3.8) is 0 Å². The molecule has 0 unspecified atom stereocenters. The second-order valence-electron chi connectivity index (χ2n) is 3.00. The molecule has 0 fully saturated rings. The van der Waals surface area contributed by atoms with E-state index in [4.69, 9.17) is 0 Å². The van der Waals surface area contributed by atoms with Gasteiger partial charge < -0.3 is 5.32 Å². The zero-order valence-electron chi connectivity index (χ0n) is 7.76. The second kappa shape index (κ2) is 5.20. The van der Waals surface area contributed by atoms with Gasteiger partial charge in [-0.05, 0) is 18.6 Å². The molecule has 1 aromatic rings. The lowest BCUT2D eigenvalue weighted by molar-refractivity contribution is 0.633. The molecule has 0 spiro atoms. The lowest BCUT2D eigenvalue weighted by atomic mass is 10.2. The van der Waals surface area contributed by atoms with E-state index in [1.165, 1.54) is 5.56 Å². The van der Waals surface area contributed by atoms with E-state index < -0.39 is 0 Å². The maximum absolute atomic E-state index is 3.72. The Morgan fingerprint density at radius 3 is 2.85 bits per heavy atom. The minimum atomic E-state index is 0.354. The average molecular weight is 240 g/mol. The highest BCUT2D eigenvalue weighted by Crippen LogP contribution is 2.15. The topological polar surface area (TPSA) is 12.0 Å². The predicted molar refractivity (Wildman–Crippen MR) is 60.6 cm³/mol. The van der Waals surface area contributed by atoms with Crippen molar-refractivity contribution < 1.29 is 0 Å². The van der Waals surface area contributed by atoms with Gasteiger partial charge in [-0.3, -0.25) is 0 Å². The highest BCUT2D eigenvalue weighted by molar-refractivity contribution is 9.10. The molecule has 0 aliphatic heterocycles. The number of halogens is 1. The van der Waals surface area contributed by atoms with Gasteiger partial charge in [0.05, 0.1) is 0 Å². The van der Waals surface area contributed by atoms with Crippen molar-refractivity contribution in [1.82, 2.24) is 5.32 Å². The molecule has 0 aliphatic carbocycles. The molecular formula is C11H14BrN. The molecule has 0 radical (unpaired) electrons. The highest BCUT2D eigenvalue weighted by Gasteiger charge is 1.99. The van der Waals surface area contributed by atoms with Gasteiger partial charge in [-0.1, -0.05) is 40.2 Å². The molecular weight excluding hydrogens is 226 g/mol. The number of nitrogens with one attached hydrogen (secondary N) is 1. The maximum atomic E-state index is 3.72. The molecule has 2 heteroatoms. The van der Waals surface area contributed by atoms with Crippen LogP contribution >= 0.6 is 15.9 Å². The van der Waals surface area contributed by atoms with Crippen molar-refractivity contribution in [1.29, 1.82) is 0 Å². The number of hydrogen-bond donors (Lipinski definition) is 1. The van der Waals surface area contributed by atoms with Crippen LogP contribution in [0.3, 0.4) is 0 Å². The van der Waals surface area contributed by atoms with Crippen LogP contribution in [0.1, 0.15) is 12.5 Å². The van der Waals surface area contributed by atoms with Crippen molar-refractivity contribution in [2.24, 2.45) is 0 Å². The Bertz CT molecular complexity index is 283. The molecule has 0 amide bonds. The molecule has 1 aromatic carbocycles. The fraction of sp³-hybridized carbons (Fsp3) is 0.273. The third-order valence-electron chi connectivity index (χ3n) is 1.93. The smallest absolute Gasteiger partial charge is 0.0222 e. The molecule has 1 atom stereocenters. The lowest BCUT2D eigenvalue weighted by Crippen LogP contribution is -2.23. The summed E-state index contributed by atoms with van der Waals surface area (Å²) in [5, 5.41) is 3.34. The van der Waals surface area contributed by atoms with Crippen LogP contribution in [-0.2, 0) is 6.54 Å². The minimum Gasteiger partial charge on any atom is -0.307 e. The lowest BCUT2D eigenvalue weighted by Gasteiger charge is -2.09. The van der Waals surface area contributed by atoms with Gasteiger partial charge in [0, 0.05) is 17.1 Å². The van der Waals surface area contributed by atoms with E-state index in [0.29, 0.717) is 6.04 Å². The van der Waals surface area contributed by atoms with E-state index in [9.17, 15) is 0 Å². The SMILES string of the molecule is C=C[C@H](C)NCc1ccccc1Br. The number of hydrogen-bond acceptors (Lipinski definition) is 1. The molecule has 70 valence electrons. The van der Waals surface area contributed by atoms with Gasteiger partial charge in [-0.15, -0.1) is 6.58 Å². The van der Waals surface area contributed by atoms with E-state index in [2.05, 4.69) is 46.9 Å². The van der Waals surface area contributed by atoms with E-state index in [-0.39, 0.29) is 0 Å². The minimum absolute atomic E-state index is 0.354. The fourth-order valence-electron chi connectivity index (χ4n) is 0.996. The summed E-state index contributed by atoms with van der Waals surface area (Å²) in [6, 6.07) is 8.57. The van der Waals surface area contributed by atoms with Gasteiger partial charge >= 0.3 is 0 Å². The third-order valence-corrected chi connectivity index (χ3v) is 2.70. The highest BCUT2D eigenvalue weighted by atomic mass is 79.9. The van der Waals surface area contributed by atoms with Crippen LogP contribution in [0.15, 0.2) is 41.4 Å². The third kappa shape index (κ3) is 3.33. The summed E-state index contributed by atoms with van der Waals surface area (Å²) in [6.07, 6.45) is 1.90. The molecule has 1 nitrogen and oxygen atoms in total. The molecule has 0 aromatic heterocycles. The first-order valence-electron chi connectivity index (χ1n) is 4.33. The van der Waals surface area contributed by atoms with Crippen LogP contribution in [0.5, 0.6) is 0 Å². The maximum Gasteiger partial charge on any atom is 0.0222 e. The van der Waals surface area contributed by atoms with Crippen LogP contribution in [0.2, 0.25) is 0 Å². The number of rotatable bonds is 4. The second-order valence-corrected chi connectivity index (χ2v) is 3.85. The summed E-state index contributed by atoms with van der Waals surface area (Å²) in [7, 11) is 0. The van der Waals surface area contributed by atoms with Crippen LogP contribution in [0.25, 0.3) is 0 Å². The molecule has 0 saturated heterocycles. The monoisotopic (exact) mass is 239 g/mol. The fourth-order valence-corrected chi connectivity index (χ4v) is 1.42. The summed E-state index contributed by atoms with van der Waals surface area (Å²) in [5.74, 6) is 0. The Labute approximate surface area is 88.0 Å². The van der Waals surface area contributed by atoms with Crippen LogP contribution in [-0.4, -0.2) is 6.04 Å². The Morgan fingerprint density at radius 2 is 2.23 bits per heavy atom. The first-order chi connectivity index (χ1) is 6.24. The molecule has 0 bridgehead atoms. The zero-order valence-corrected chi connectivity index (χ0v) is 9.34. The van der Waals surface area contributed by atoms with Crippen molar-refractivity contribution in [3.8, 4) is 0 Å². The van der Waals surface area contributed by atoms with Gasteiger partial charge in [-0.25, -0.2) is 0 Å². The summed E-state index contributed by atoms with van der Waals surface area (Å²) in [5.41, 5.74) is 1.27. The molecule has 0 aliphatic rings. The van der Waals surface area contributed by atoms with Gasteiger partial charge in [0.2, 0.25) is 0 Å². The first kappa shape index (κ1) is 10.5. The Balaban J connectivity index is 2.54. The van der Waals surface area contributed by atoms with Crippen molar-refractivity contribution in [2.45, 2.75) is 19.5 Å². The van der Waals surface area contributed by atoms with Gasteiger partial charge in [-0.2, -0.15) is 0 Å². The van der Waals surface area contributed by atoms with Crippen LogP contribution in [0, 0.1) is 0 Å². The Morgan fingerprint density at radius 1 is 1.54 bits per heavy atom. The average Bonchev–Trinajstić information content (AvgIpc) is 2.16. The van der Waals surface area contributed by atoms with E-state index in [1.807, 2.05) is 18.2 Å². The normalized spacial score (nSPS) is 12.5. The quantitative estimate of drug-likeness (QED) is 0.797. The van der Waals surface area contributed by atoms with Gasteiger partial charge in [0.25, 0.3) is 0 Å². The molecule has 0 saturated carbocycles. The Kier molecular flexibility index (Phi) is 4.19. The largest absolute Gasteiger partial charge is 0.307 e. The van der Waals surface area contributed by atoms with E-state index in [1.54, 1.807) is 0 Å². The summed E-state index contributed by atoms with van der Waals surface area (Å²) in [4.78, 5) is 0. The van der Waals surface area contributed by atoms with E-state index in [0.717, 1.165) is 11.0 Å². The molecule has 1 rings (SSSR count). The van der Waals surface area contributed by atoms with Gasteiger partial charge in [0.1, 0.15) is 0 Å². The summed E-state index contributed by atoms with van der Waals surface area (Å²) in [6.45, 7) is 6.68. The van der Waals surface area contributed by atoms with Crippen molar-refractivity contribution in [2.75, 3.05) is 0 Å². The predicted octanol–water partition coefficient (Wildman–Crippen LogP) is 3.11. The van der Waals surface area contributed by atoms with Crippen molar-refractivity contribution >= 4 is 15.9 Å². The van der Waals surface area contributed by atoms with Crippen molar-refractivity contribution in [3.05, 3.63) is 47.0 Å². The molecule has 13 heavy (non-hydrogen) atoms. The van der Waals surface area contributed by atoms with Crippen LogP contribution in [0.4, 0.5) is 0 Å². The van der Waals surface area contributed by atoms with E-state index >= 15 is 0 Å². The standard InChI is InChI=1S/C11H14BrN/c1-3-9(2)13-8-10-6-4-5-7-11(10)12/h3-7,9,13H,1,8H2,2H3/t9-/m0/s1. The molecule has 1 N–H and O–H groups in total. The summed E-state index contributed by atoms with van der Waals surface area (Å²) < 4.78 is 1.15. The summed E-state index contributed by atoms with van der Waals surface area (Å²) >= 11 is 3.50. The van der Waals surface area contributed by atoms with Gasteiger partial charge in [0.15, 0.2) is 0 Å². The molecule has 0 heterocycles. The first-order valence-corrected chi connectivity index (χ1v) is 5.12. The zero-order chi connectivity index (χ0) is 9.68. The van der Waals surface area contributed by atoms with Crippen LogP contribution < -0.4 is 5.32 Å². The Hall–Kier alpha value is -0.600. The number of benzene rings is 1.